The van der Waals surface area contributed by atoms with E-state index < -0.39 is 0 Å². The molecule has 1 atom stereocenters. The Kier molecular flexibility index (Phi) is 25.4. The summed E-state index contributed by atoms with van der Waals surface area (Å²) in [4.78, 5) is 27.1. The van der Waals surface area contributed by atoms with Gasteiger partial charge in [0.25, 0.3) is 0 Å². The number of hydrogen-bond donors (Lipinski definition) is 1. The molecule has 42 heavy (non-hydrogen) atoms. The van der Waals surface area contributed by atoms with Crippen molar-refractivity contribution in [2.24, 2.45) is 5.92 Å². The van der Waals surface area contributed by atoms with Crippen molar-refractivity contribution in [3.63, 3.8) is 0 Å². The van der Waals surface area contributed by atoms with E-state index in [0.29, 0.717) is 19.4 Å². The van der Waals surface area contributed by atoms with Gasteiger partial charge in [0.2, 0.25) is 0 Å². The Bertz CT molecular complexity index is 634. The minimum Gasteiger partial charge on any atom is -0.462 e. The predicted molar refractivity (Wildman–Crippen MR) is 175 cm³/mol. The van der Waals surface area contributed by atoms with Crippen molar-refractivity contribution in [1.82, 2.24) is 4.90 Å². The van der Waals surface area contributed by atoms with Gasteiger partial charge in [-0.15, -0.1) is 0 Å². The molecule has 0 amide bonds. The Balaban J connectivity index is 2.13. The molecule has 0 saturated heterocycles. The molecule has 1 aliphatic carbocycles. The molecule has 6 nitrogen and oxygen atoms in total. The first-order chi connectivity index (χ1) is 20.5. The van der Waals surface area contributed by atoms with Gasteiger partial charge in [0.05, 0.1) is 6.61 Å². The second-order valence-corrected chi connectivity index (χ2v) is 12.9. The summed E-state index contributed by atoms with van der Waals surface area (Å²) in [5, 5.41) is 9.48. The highest BCUT2D eigenvalue weighted by Crippen LogP contribution is 2.30. The molecule has 1 saturated carbocycles. The van der Waals surface area contributed by atoms with Crippen molar-refractivity contribution < 1.29 is 24.2 Å². The first kappa shape index (κ1) is 38.9. The van der Waals surface area contributed by atoms with E-state index in [0.717, 1.165) is 96.1 Å². The van der Waals surface area contributed by atoms with Crippen LogP contribution in [0.1, 0.15) is 175 Å². The predicted octanol–water partition coefficient (Wildman–Crippen LogP) is 9.16. The average Bonchev–Trinajstić information content (AvgIpc) is 2.98. The zero-order valence-electron chi connectivity index (χ0n) is 28.1. The largest absolute Gasteiger partial charge is 0.462 e. The molecule has 0 aromatic rings. The molecular weight excluding hydrogens is 526 g/mol. The molecule has 1 unspecified atom stereocenters. The van der Waals surface area contributed by atoms with Gasteiger partial charge in [-0.1, -0.05) is 91.4 Å². The lowest BCUT2D eigenvalue weighted by Crippen LogP contribution is -2.30. The molecule has 0 radical (unpaired) electrons. The molecule has 0 aliphatic heterocycles. The van der Waals surface area contributed by atoms with E-state index in [9.17, 15) is 14.7 Å². The number of carbonyl (C=O) groups excluding carboxylic acids is 2. The Morgan fingerprint density at radius 1 is 0.667 bits per heavy atom. The Morgan fingerprint density at radius 3 is 1.93 bits per heavy atom. The minimum absolute atomic E-state index is 0.0145. The third kappa shape index (κ3) is 21.5. The Labute approximate surface area is 260 Å². The molecule has 0 heterocycles. The smallest absolute Gasteiger partial charge is 0.306 e. The first-order valence-corrected chi connectivity index (χ1v) is 18.2. The molecule has 0 aromatic heterocycles. The van der Waals surface area contributed by atoms with Crippen molar-refractivity contribution in [2.75, 3.05) is 26.2 Å². The van der Waals surface area contributed by atoms with E-state index in [1.165, 1.54) is 64.2 Å². The summed E-state index contributed by atoms with van der Waals surface area (Å²) in [6.07, 6.45) is 26.1. The first-order valence-electron chi connectivity index (χ1n) is 18.2. The summed E-state index contributed by atoms with van der Waals surface area (Å²) in [6, 6.07) is 0. The number of aliphatic hydroxyl groups is 1. The fraction of sp³-hybridized carbons (Fsp3) is 0.944. The van der Waals surface area contributed by atoms with Gasteiger partial charge in [0, 0.05) is 19.4 Å². The van der Waals surface area contributed by atoms with Gasteiger partial charge in [-0.25, -0.2) is 0 Å². The maximum absolute atomic E-state index is 12.4. The highest BCUT2D eigenvalue weighted by atomic mass is 16.5. The van der Waals surface area contributed by atoms with E-state index in [1.54, 1.807) is 0 Å². The van der Waals surface area contributed by atoms with Gasteiger partial charge in [0.15, 0.2) is 0 Å². The lowest BCUT2D eigenvalue weighted by Gasteiger charge is -2.28. The second kappa shape index (κ2) is 27.4. The molecule has 248 valence electrons. The van der Waals surface area contributed by atoms with Crippen molar-refractivity contribution >= 4 is 11.9 Å². The van der Waals surface area contributed by atoms with Gasteiger partial charge in [-0.05, 0) is 89.6 Å². The van der Waals surface area contributed by atoms with Crippen LogP contribution in [0.2, 0.25) is 0 Å². The summed E-state index contributed by atoms with van der Waals surface area (Å²) in [5.74, 6) is 0.753. The monoisotopic (exact) mass is 596 g/mol. The molecule has 1 rings (SSSR count). The lowest BCUT2D eigenvalue weighted by molar-refractivity contribution is -0.151. The number of aliphatic hydroxyl groups excluding tert-OH is 1. The lowest BCUT2D eigenvalue weighted by atomic mass is 9.84. The fourth-order valence-corrected chi connectivity index (χ4v) is 6.26. The second-order valence-electron chi connectivity index (χ2n) is 12.9. The molecular formula is C36H69NO5. The van der Waals surface area contributed by atoms with Crippen LogP contribution in [0.5, 0.6) is 0 Å². The van der Waals surface area contributed by atoms with Crippen LogP contribution in [-0.2, 0) is 19.1 Å². The molecule has 1 N–H and O–H groups in total. The van der Waals surface area contributed by atoms with Crippen molar-refractivity contribution in [3.8, 4) is 0 Å². The molecule has 0 spiro atoms. The van der Waals surface area contributed by atoms with Crippen LogP contribution in [0.25, 0.3) is 0 Å². The van der Waals surface area contributed by atoms with E-state index in [1.807, 2.05) is 0 Å². The number of carbonyl (C=O) groups is 2. The van der Waals surface area contributed by atoms with Crippen LogP contribution in [0.15, 0.2) is 0 Å². The normalized spacial score (nSPS) is 17.8. The summed E-state index contributed by atoms with van der Waals surface area (Å²) in [7, 11) is 0. The van der Waals surface area contributed by atoms with Crippen LogP contribution in [-0.4, -0.2) is 60.4 Å². The van der Waals surface area contributed by atoms with Gasteiger partial charge in [-0.2, -0.15) is 0 Å². The standard InChI is InChI=1S/C36H69NO5/c1-4-7-10-15-21-33(20-14-8-5-2)41-35(39)22-16-12-11-13-17-28-37(30-31-38)29-18-23-36(40)42-34-26-24-32(25-27-34)19-9-6-3/h32-34,38H,4-31H2,1-3H3. The molecule has 1 aliphatic rings. The number of ether oxygens (including phenoxy) is 2. The number of hydrogen-bond acceptors (Lipinski definition) is 6. The maximum Gasteiger partial charge on any atom is 0.306 e. The number of esters is 2. The van der Waals surface area contributed by atoms with Crippen molar-refractivity contribution in [2.45, 2.75) is 187 Å². The number of rotatable bonds is 28. The SMILES string of the molecule is CCCCCCC(CCCCC)OC(=O)CCCCCCCN(CCO)CCCC(=O)OC1CCC(CCCC)CC1. The molecule has 6 heteroatoms. The molecule has 1 fully saturated rings. The Morgan fingerprint density at radius 2 is 1.24 bits per heavy atom. The summed E-state index contributed by atoms with van der Waals surface area (Å²) >= 11 is 0. The quantitative estimate of drug-likeness (QED) is 0.0718. The highest BCUT2D eigenvalue weighted by molar-refractivity contribution is 5.69. The van der Waals surface area contributed by atoms with E-state index in [4.69, 9.17) is 9.47 Å². The topological polar surface area (TPSA) is 76.1 Å². The third-order valence-electron chi connectivity index (χ3n) is 8.99. The Hall–Kier alpha value is -1.14. The van der Waals surface area contributed by atoms with Crippen LogP contribution in [0.3, 0.4) is 0 Å². The van der Waals surface area contributed by atoms with Gasteiger partial charge in [0.1, 0.15) is 12.2 Å². The van der Waals surface area contributed by atoms with E-state index >= 15 is 0 Å². The van der Waals surface area contributed by atoms with Crippen molar-refractivity contribution in [3.05, 3.63) is 0 Å². The van der Waals surface area contributed by atoms with Gasteiger partial charge < -0.3 is 19.5 Å². The zero-order chi connectivity index (χ0) is 30.7. The average molecular weight is 596 g/mol. The highest BCUT2D eigenvalue weighted by Gasteiger charge is 2.23. The minimum atomic E-state index is -0.0572. The van der Waals surface area contributed by atoms with Gasteiger partial charge >= 0.3 is 11.9 Å². The summed E-state index contributed by atoms with van der Waals surface area (Å²) < 4.78 is 11.6. The van der Waals surface area contributed by atoms with Crippen LogP contribution < -0.4 is 0 Å². The van der Waals surface area contributed by atoms with Crippen LogP contribution in [0, 0.1) is 5.92 Å². The fourth-order valence-electron chi connectivity index (χ4n) is 6.26. The van der Waals surface area contributed by atoms with Gasteiger partial charge in [-0.3, -0.25) is 9.59 Å². The number of unbranched alkanes of at least 4 members (excludes halogenated alkanes) is 10. The zero-order valence-corrected chi connectivity index (χ0v) is 28.1. The number of nitrogens with zero attached hydrogens (tertiary/aromatic N) is 1. The van der Waals surface area contributed by atoms with E-state index in [-0.39, 0.29) is 30.8 Å². The van der Waals surface area contributed by atoms with E-state index in [2.05, 4.69) is 25.7 Å². The maximum atomic E-state index is 12.4. The molecule has 0 bridgehead atoms. The molecule has 0 aromatic carbocycles. The summed E-state index contributed by atoms with van der Waals surface area (Å²) in [5.41, 5.74) is 0. The summed E-state index contributed by atoms with van der Waals surface area (Å²) in [6.45, 7) is 9.25. The third-order valence-corrected chi connectivity index (χ3v) is 8.99. The van der Waals surface area contributed by atoms with Crippen LogP contribution in [0.4, 0.5) is 0 Å². The van der Waals surface area contributed by atoms with Crippen LogP contribution >= 0.6 is 0 Å². The van der Waals surface area contributed by atoms with Crippen molar-refractivity contribution in [1.29, 1.82) is 0 Å².